The molecule has 5 aromatic rings. The molecule has 0 aliphatic carbocycles. The summed E-state index contributed by atoms with van der Waals surface area (Å²) >= 11 is 1.42. The minimum atomic E-state index is -0.164. The van der Waals surface area contributed by atoms with Gasteiger partial charge in [-0.05, 0) is 35.4 Å². The minimum absolute atomic E-state index is 0.164. The van der Waals surface area contributed by atoms with Crippen molar-refractivity contribution in [2.45, 2.75) is 18.6 Å². The molecular formula is C28H24N4OS. The van der Waals surface area contributed by atoms with Crippen molar-refractivity contribution >= 4 is 45.2 Å². The van der Waals surface area contributed by atoms with Gasteiger partial charge in [0.05, 0.1) is 29.0 Å². The van der Waals surface area contributed by atoms with Gasteiger partial charge in [-0.25, -0.2) is 10.4 Å². The number of nitrogens with zero attached hydrogens (tertiary/aromatic N) is 3. The molecule has 0 radical (unpaired) electrons. The second-order valence-corrected chi connectivity index (χ2v) is 8.94. The summed E-state index contributed by atoms with van der Waals surface area (Å²) in [4.78, 5) is 17.4. The van der Waals surface area contributed by atoms with Crippen molar-refractivity contribution in [2.75, 3.05) is 5.75 Å². The zero-order valence-corrected chi connectivity index (χ0v) is 19.6. The number of imidazole rings is 1. The number of amides is 1. The van der Waals surface area contributed by atoms with Gasteiger partial charge in [0, 0.05) is 5.56 Å². The number of carbonyl (C=O) groups excluding carboxylic acids is 1. The summed E-state index contributed by atoms with van der Waals surface area (Å²) in [5.41, 5.74) is 7.65. The lowest BCUT2D eigenvalue weighted by molar-refractivity contribution is -0.118. The normalized spacial score (nSPS) is 11.7. The summed E-state index contributed by atoms with van der Waals surface area (Å²) in [7, 11) is 0. The van der Waals surface area contributed by atoms with E-state index in [0.717, 1.165) is 38.2 Å². The molecule has 0 saturated carbocycles. The average Bonchev–Trinajstić information content (AvgIpc) is 3.23. The quantitative estimate of drug-likeness (QED) is 0.186. The maximum absolute atomic E-state index is 12.6. The predicted molar refractivity (Wildman–Crippen MR) is 140 cm³/mol. The summed E-state index contributed by atoms with van der Waals surface area (Å²) in [6.07, 6.45) is 0. The van der Waals surface area contributed by atoms with Gasteiger partial charge in [0.25, 0.3) is 5.91 Å². The number of nitrogens with one attached hydrogen (secondary N) is 1. The van der Waals surface area contributed by atoms with Crippen molar-refractivity contribution < 1.29 is 4.79 Å². The van der Waals surface area contributed by atoms with Crippen LogP contribution in [-0.2, 0) is 11.3 Å². The van der Waals surface area contributed by atoms with Crippen LogP contribution >= 0.6 is 11.8 Å². The van der Waals surface area contributed by atoms with Gasteiger partial charge >= 0.3 is 0 Å². The van der Waals surface area contributed by atoms with E-state index in [-0.39, 0.29) is 11.7 Å². The molecule has 34 heavy (non-hydrogen) atoms. The van der Waals surface area contributed by atoms with Crippen molar-refractivity contribution in [3.8, 4) is 0 Å². The second kappa shape index (κ2) is 9.93. The van der Waals surface area contributed by atoms with Crippen LogP contribution in [0.5, 0.6) is 0 Å². The number of hydrazone groups is 1. The Morgan fingerprint density at radius 2 is 1.65 bits per heavy atom. The standard InChI is InChI=1S/C28H24N4OS/c1-20(23-15-9-13-22-12-5-6-14-24(22)23)30-31-27(33)19-34-28-29-25-16-7-8-17-26(25)32(28)18-21-10-3-2-4-11-21/h2-17H,18-19H2,1H3,(H,31,33). The van der Waals surface area contributed by atoms with E-state index >= 15 is 0 Å². The molecule has 168 valence electrons. The molecule has 5 nitrogen and oxygen atoms in total. The summed E-state index contributed by atoms with van der Waals surface area (Å²) in [6.45, 7) is 2.61. The Hall–Kier alpha value is -3.90. The van der Waals surface area contributed by atoms with E-state index in [0.29, 0.717) is 6.54 Å². The molecule has 0 spiro atoms. The summed E-state index contributed by atoms with van der Waals surface area (Å²) < 4.78 is 2.16. The highest BCUT2D eigenvalue weighted by Crippen LogP contribution is 2.25. The van der Waals surface area contributed by atoms with Gasteiger partial charge in [0.2, 0.25) is 0 Å². The first kappa shape index (κ1) is 21.9. The van der Waals surface area contributed by atoms with Gasteiger partial charge in [0.1, 0.15) is 0 Å². The fraction of sp³-hybridized carbons (Fsp3) is 0.107. The summed E-state index contributed by atoms with van der Waals surface area (Å²) in [6, 6.07) is 32.6. The van der Waals surface area contributed by atoms with Gasteiger partial charge in [-0.2, -0.15) is 5.10 Å². The molecule has 0 bridgehead atoms. The first-order chi connectivity index (χ1) is 16.7. The lowest BCUT2D eigenvalue weighted by Crippen LogP contribution is -2.21. The smallest absolute Gasteiger partial charge is 0.250 e. The number of para-hydroxylation sites is 2. The van der Waals surface area contributed by atoms with Gasteiger partial charge in [0.15, 0.2) is 5.16 Å². The van der Waals surface area contributed by atoms with Gasteiger partial charge < -0.3 is 4.57 Å². The lowest BCUT2D eigenvalue weighted by Gasteiger charge is -2.09. The molecule has 5 rings (SSSR count). The Kier molecular flexibility index (Phi) is 6.40. The first-order valence-electron chi connectivity index (χ1n) is 11.1. The molecule has 0 fully saturated rings. The average molecular weight is 465 g/mol. The third-order valence-corrected chi connectivity index (χ3v) is 6.64. The molecule has 1 aromatic heterocycles. The van der Waals surface area contributed by atoms with E-state index in [1.165, 1.54) is 17.3 Å². The number of hydrogen-bond acceptors (Lipinski definition) is 4. The topological polar surface area (TPSA) is 59.3 Å². The first-order valence-corrected chi connectivity index (χ1v) is 12.1. The Bertz CT molecular complexity index is 1490. The zero-order valence-electron chi connectivity index (χ0n) is 18.8. The molecule has 4 aromatic carbocycles. The van der Waals surface area contributed by atoms with E-state index in [1.54, 1.807) is 0 Å². The van der Waals surface area contributed by atoms with Crippen molar-refractivity contribution in [3.63, 3.8) is 0 Å². The van der Waals surface area contributed by atoms with E-state index < -0.39 is 0 Å². The number of hydrogen-bond donors (Lipinski definition) is 1. The van der Waals surface area contributed by atoms with Gasteiger partial charge in [-0.1, -0.05) is 96.7 Å². The van der Waals surface area contributed by atoms with Crippen LogP contribution in [0.4, 0.5) is 0 Å². The third kappa shape index (κ3) is 4.72. The highest BCUT2D eigenvalue weighted by molar-refractivity contribution is 7.99. The molecule has 0 unspecified atom stereocenters. The van der Waals surface area contributed by atoms with Crippen LogP contribution < -0.4 is 5.43 Å². The molecule has 0 aliphatic heterocycles. The molecule has 0 atom stereocenters. The SMILES string of the molecule is CC(=NNC(=O)CSc1nc2ccccc2n1Cc1ccccc1)c1cccc2ccccc12. The summed E-state index contributed by atoms with van der Waals surface area (Å²) in [5, 5.41) is 7.44. The van der Waals surface area contributed by atoms with E-state index in [2.05, 4.69) is 51.5 Å². The number of aromatic nitrogens is 2. The molecular weight excluding hydrogens is 440 g/mol. The van der Waals surface area contributed by atoms with Crippen molar-refractivity contribution in [3.05, 3.63) is 108 Å². The van der Waals surface area contributed by atoms with Gasteiger partial charge in [-0.3, -0.25) is 4.79 Å². The molecule has 1 amide bonds. The number of rotatable bonds is 7. The van der Waals surface area contributed by atoms with Crippen LogP contribution in [-0.4, -0.2) is 26.9 Å². The van der Waals surface area contributed by atoms with Crippen LogP contribution in [0.2, 0.25) is 0 Å². The molecule has 6 heteroatoms. The second-order valence-electron chi connectivity index (χ2n) is 8.00. The molecule has 1 heterocycles. The zero-order chi connectivity index (χ0) is 23.3. The highest BCUT2D eigenvalue weighted by atomic mass is 32.2. The molecule has 1 N–H and O–H groups in total. The van der Waals surface area contributed by atoms with E-state index in [9.17, 15) is 4.79 Å². The fourth-order valence-electron chi connectivity index (χ4n) is 3.99. The Balaban J connectivity index is 1.31. The van der Waals surface area contributed by atoms with Crippen LogP contribution in [0.1, 0.15) is 18.1 Å². The van der Waals surface area contributed by atoms with Crippen LogP contribution in [0.25, 0.3) is 21.8 Å². The van der Waals surface area contributed by atoms with Crippen LogP contribution in [0.15, 0.2) is 107 Å². The van der Waals surface area contributed by atoms with E-state index in [4.69, 9.17) is 4.98 Å². The van der Waals surface area contributed by atoms with Crippen molar-refractivity contribution in [1.82, 2.24) is 15.0 Å². The van der Waals surface area contributed by atoms with Gasteiger partial charge in [-0.15, -0.1) is 0 Å². The maximum atomic E-state index is 12.6. The lowest BCUT2D eigenvalue weighted by atomic mass is 10.0. The Labute approximate surface area is 202 Å². The maximum Gasteiger partial charge on any atom is 0.250 e. The van der Waals surface area contributed by atoms with Crippen LogP contribution in [0.3, 0.4) is 0 Å². The Morgan fingerprint density at radius 3 is 2.53 bits per heavy atom. The minimum Gasteiger partial charge on any atom is -0.314 e. The number of thioether (sulfide) groups is 1. The number of benzene rings is 4. The van der Waals surface area contributed by atoms with Crippen molar-refractivity contribution in [1.29, 1.82) is 0 Å². The number of fused-ring (bicyclic) bond motifs is 2. The van der Waals surface area contributed by atoms with Crippen LogP contribution in [0, 0.1) is 0 Å². The fourth-order valence-corrected chi connectivity index (χ4v) is 4.80. The monoisotopic (exact) mass is 464 g/mol. The Morgan fingerprint density at radius 1 is 0.912 bits per heavy atom. The highest BCUT2D eigenvalue weighted by Gasteiger charge is 2.13. The number of carbonyl (C=O) groups is 1. The predicted octanol–water partition coefficient (Wildman–Crippen LogP) is 5.87. The third-order valence-electron chi connectivity index (χ3n) is 5.66. The largest absolute Gasteiger partial charge is 0.314 e. The van der Waals surface area contributed by atoms with E-state index in [1.807, 2.05) is 67.6 Å². The summed E-state index contributed by atoms with van der Waals surface area (Å²) in [5.74, 6) is 0.0626. The van der Waals surface area contributed by atoms with Crippen molar-refractivity contribution in [2.24, 2.45) is 5.10 Å². The molecule has 0 saturated heterocycles. The molecule has 0 aliphatic rings.